The predicted octanol–water partition coefficient (Wildman–Crippen LogP) is 5.77. The van der Waals surface area contributed by atoms with Crippen LogP contribution in [-0.2, 0) is 0 Å². The monoisotopic (exact) mass is 428 g/mol. The molecule has 0 aliphatic carbocycles. The van der Waals surface area contributed by atoms with Gasteiger partial charge in [-0.15, -0.1) is 17.0 Å². The van der Waals surface area contributed by atoms with Crippen LogP contribution in [0.2, 0.25) is 0 Å². The van der Waals surface area contributed by atoms with Crippen LogP contribution in [0.15, 0.2) is 41.4 Å². The van der Waals surface area contributed by atoms with Crippen molar-refractivity contribution in [3.63, 3.8) is 0 Å². The zero-order valence-corrected chi connectivity index (χ0v) is 18.4. The van der Waals surface area contributed by atoms with Crippen molar-refractivity contribution in [2.24, 2.45) is 4.99 Å². The van der Waals surface area contributed by atoms with E-state index in [9.17, 15) is 4.79 Å². The minimum absolute atomic E-state index is 0. The van der Waals surface area contributed by atoms with Gasteiger partial charge in [0.1, 0.15) is 5.84 Å². The molecule has 0 amide bonds. The fourth-order valence-corrected chi connectivity index (χ4v) is 3.60. The molecule has 0 bridgehead atoms. The molecule has 144 valence electrons. The number of carbonyl (C=O) groups excluding carboxylic acids is 1. The fourth-order valence-electron chi connectivity index (χ4n) is 3.60. The topological polar surface area (TPSA) is 32.7 Å². The van der Waals surface area contributed by atoms with Crippen molar-refractivity contribution in [2.45, 2.75) is 47.0 Å². The first kappa shape index (κ1) is 21.4. The Morgan fingerprint density at radius 2 is 1.81 bits per heavy atom. The number of halogens is 1. The number of hydrogen-bond acceptors (Lipinski definition) is 3. The first-order chi connectivity index (χ1) is 12.5. The number of amidine groups is 1. The summed E-state index contributed by atoms with van der Waals surface area (Å²) in [6.07, 6.45) is 3.21. The maximum Gasteiger partial charge on any atom is 0.182 e. The van der Waals surface area contributed by atoms with Crippen LogP contribution in [0, 0.1) is 27.7 Å². The first-order valence-corrected chi connectivity index (χ1v) is 9.45. The van der Waals surface area contributed by atoms with Crippen LogP contribution in [-0.4, -0.2) is 24.7 Å². The number of rotatable bonds is 4. The van der Waals surface area contributed by atoms with Crippen molar-refractivity contribution in [3.8, 4) is 0 Å². The summed E-state index contributed by atoms with van der Waals surface area (Å²) in [5.41, 5.74) is 6.59. The van der Waals surface area contributed by atoms with Crippen LogP contribution in [0.1, 0.15) is 51.9 Å². The molecule has 27 heavy (non-hydrogen) atoms. The van der Waals surface area contributed by atoms with Gasteiger partial charge in [0.05, 0.1) is 6.54 Å². The third-order valence-corrected chi connectivity index (χ3v) is 5.27. The van der Waals surface area contributed by atoms with E-state index in [0.717, 1.165) is 48.5 Å². The maximum absolute atomic E-state index is 13.1. The second kappa shape index (κ2) is 9.32. The summed E-state index contributed by atoms with van der Waals surface area (Å²) >= 11 is 0. The lowest BCUT2D eigenvalue weighted by atomic mass is 10.0. The summed E-state index contributed by atoms with van der Waals surface area (Å²) in [5.74, 6) is 1.19. The molecule has 0 N–H and O–H groups in total. The number of nitrogens with zero attached hydrogens (tertiary/aromatic N) is 2. The molecule has 4 heteroatoms. The average Bonchev–Trinajstić information content (AvgIpc) is 2.63. The van der Waals surface area contributed by atoms with Crippen molar-refractivity contribution >= 4 is 34.3 Å². The van der Waals surface area contributed by atoms with Crippen molar-refractivity contribution in [2.75, 3.05) is 18.0 Å². The normalized spacial score (nSPS) is 13.6. The van der Waals surface area contributed by atoms with Crippen LogP contribution in [0.4, 0.5) is 5.69 Å². The second-order valence-electron chi connectivity index (χ2n) is 7.30. The lowest BCUT2D eigenvalue weighted by Crippen LogP contribution is -2.37. The van der Waals surface area contributed by atoms with Gasteiger partial charge in [-0.3, -0.25) is 9.79 Å². The lowest BCUT2D eigenvalue weighted by Gasteiger charge is -2.30. The largest absolute Gasteiger partial charge is 0.322 e. The van der Waals surface area contributed by atoms with E-state index in [0.29, 0.717) is 6.54 Å². The standard InChI is InChI=1S/C23H28N2O.BrH/c1-16-11-12-20(18(3)14-16)22(26)15-25(23-10-5-6-13-24-23)21-9-7-8-17(2)19(21)4;/h7-9,11-12,14H,5-6,10,13,15H2,1-4H3;1H. The smallest absolute Gasteiger partial charge is 0.182 e. The molecule has 0 atom stereocenters. The van der Waals surface area contributed by atoms with E-state index in [1.165, 1.54) is 16.7 Å². The van der Waals surface area contributed by atoms with Gasteiger partial charge in [-0.1, -0.05) is 35.9 Å². The Morgan fingerprint density at radius 3 is 2.48 bits per heavy atom. The maximum atomic E-state index is 13.1. The molecule has 1 aliphatic rings. The molecule has 1 heterocycles. The van der Waals surface area contributed by atoms with Crippen LogP contribution >= 0.6 is 17.0 Å². The number of hydrogen-bond donors (Lipinski definition) is 0. The summed E-state index contributed by atoms with van der Waals surface area (Å²) in [6, 6.07) is 12.3. The van der Waals surface area contributed by atoms with Gasteiger partial charge in [-0.25, -0.2) is 0 Å². The lowest BCUT2D eigenvalue weighted by molar-refractivity contribution is 0.100. The van der Waals surface area contributed by atoms with Gasteiger partial charge in [0.15, 0.2) is 5.78 Å². The minimum atomic E-state index is 0. The zero-order valence-electron chi connectivity index (χ0n) is 16.7. The van der Waals surface area contributed by atoms with Crippen molar-refractivity contribution in [3.05, 3.63) is 64.2 Å². The second-order valence-corrected chi connectivity index (χ2v) is 7.30. The first-order valence-electron chi connectivity index (χ1n) is 9.45. The van der Waals surface area contributed by atoms with Gasteiger partial charge < -0.3 is 4.90 Å². The third-order valence-electron chi connectivity index (χ3n) is 5.27. The van der Waals surface area contributed by atoms with Crippen LogP contribution < -0.4 is 4.90 Å². The Morgan fingerprint density at radius 1 is 1.04 bits per heavy atom. The number of Topliss-reactive ketones (excluding diaryl/α,β-unsaturated/α-hetero) is 1. The average molecular weight is 429 g/mol. The molecule has 1 aliphatic heterocycles. The quantitative estimate of drug-likeness (QED) is 0.578. The molecule has 3 rings (SSSR count). The SMILES string of the molecule is Br.Cc1ccc(C(=O)CN(C2=NCCCC2)c2cccc(C)c2C)c(C)c1. The van der Waals surface area contributed by atoms with Crippen LogP contribution in [0.5, 0.6) is 0 Å². The van der Waals surface area contributed by atoms with Gasteiger partial charge in [0.25, 0.3) is 0 Å². The molecule has 0 saturated carbocycles. The van der Waals surface area contributed by atoms with Crippen molar-refractivity contribution in [1.29, 1.82) is 0 Å². The third kappa shape index (κ3) is 4.86. The Labute approximate surface area is 173 Å². The van der Waals surface area contributed by atoms with E-state index < -0.39 is 0 Å². The molecule has 0 aromatic heterocycles. The van der Waals surface area contributed by atoms with E-state index >= 15 is 0 Å². The molecule has 0 radical (unpaired) electrons. The van der Waals surface area contributed by atoms with Gasteiger partial charge in [0.2, 0.25) is 0 Å². The molecular weight excluding hydrogens is 400 g/mol. The number of ketones is 1. The van der Waals surface area contributed by atoms with Crippen molar-refractivity contribution < 1.29 is 4.79 Å². The van der Waals surface area contributed by atoms with E-state index in [1.807, 2.05) is 19.1 Å². The highest BCUT2D eigenvalue weighted by molar-refractivity contribution is 8.93. The minimum Gasteiger partial charge on any atom is -0.322 e. The highest BCUT2D eigenvalue weighted by atomic mass is 79.9. The number of anilines is 1. The van der Waals surface area contributed by atoms with Gasteiger partial charge in [0, 0.05) is 24.2 Å². The molecular formula is C23H29BrN2O. The highest BCUT2D eigenvalue weighted by Crippen LogP contribution is 2.26. The Kier molecular flexibility index (Phi) is 7.37. The molecule has 0 fully saturated rings. The van der Waals surface area contributed by atoms with Gasteiger partial charge >= 0.3 is 0 Å². The van der Waals surface area contributed by atoms with E-state index in [-0.39, 0.29) is 22.8 Å². The van der Waals surface area contributed by atoms with Crippen LogP contribution in [0.3, 0.4) is 0 Å². The van der Waals surface area contributed by atoms with E-state index in [4.69, 9.17) is 4.99 Å². The summed E-state index contributed by atoms with van der Waals surface area (Å²) < 4.78 is 0. The van der Waals surface area contributed by atoms with E-state index in [1.54, 1.807) is 0 Å². The predicted molar refractivity (Wildman–Crippen MR) is 120 cm³/mol. The highest BCUT2D eigenvalue weighted by Gasteiger charge is 2.22. The summed E-state index contributed by atoms with van der Waals surface area (Å²) in [6.45, 7) is 9.51. The Hall–Kier alpha value is -1.94. The Bertz CT molecular complexity index is 857. The van der Waals surface area contributed by atoms with E-state index in [2.05, 4.69) is 49.9 Å². The Balaban J connectivity index is 0.00000261. The summed E-state index contributed by atoms with van der Waals surface area (Å²) in [5, 5.41) is 0. The summed E-state index contributed by atoms with van der Waals surface area (Å²) in [7, 11) is 0. The number of aryl methyl sites for hydroxylation is 3. The molecule has 2 aromatic carbocycles. The van der Waals surface area contributed by atoms with Crippen molar-refractivity contribution in [1.82, 2.24) is 0 Å². The molecule has 0 saturated heterocycles. The molecule has 0 spiro atoms. The number of aliphatic imine (C=N–C) groups is 1. The van der Waals surface area contributed by atoms with Gasteiger partial charge in [-0.05, 0) is 63.3 Å². The molecule has 0 unspecified atom stereocenters. The summed E-state index contributed by atoms with van der Waals surface area (Å²) in [4.78, 5) is 20.0. The number of carbonyl (C=O) groups is 1. The fraction of sp³-hybridized carbons (Fsp3) is 0.391. The zero-order chi connectivity index (χ0) is 18.7. The number of benzene rings is 2. The van der Waals surface area contributed by atoms with Crippen LogP contribution in [0.25, 0.3) is 0 Å². The molecule has 3 nitrogen and oxygen atoms in total. The van der Waals surface area contributed by atoms with Gasteiger partial charge in [-0.2, -0.15) is 0 Å². The molecule has 2 aromatic rings.